The minimum Gasteiger partial charge on any atom is -0.462 e. The van der Waals surface area contributed by atoms with E-state index in [2.05, 4.69) is 74.3 Å². The molecule has 0 radical (unpaired) electrons. The third-order valence-electron chi connectivity index (χ3n) is 5.87. The highest BCUT2D eigenvalue weighted by molar-refractivity contribution is 7.25. The quantitative estimate of drug-likeness (QED) is 0.266. The second-order valence-corrected chi connectivity index (χ2v) is 10.2. The lowest BCUT2D eigenvalue weighted by Gasteiger charge is -2.22. The Bertz CT molecular complexity index is 1510. The van der Waals surface area contributed by atoms with E-state index in [4.69, 9.17) is 9.72 Å². The Labute approximate surface area is 192 Å². The molecule has 2 heterocycles. The second kappa shape index (κ2) is 7.72. The molecule has 5 rings (SSSR count). The van der Waals surface area contributed by atoms with Gasteiger partial charge in [0.25, 0.3) is 0 Å². The number of thiophene rings is 1. The van der Waals surface area contributed by atoms with Crippen molar-refractivity contribution in [3.05, 3.63) is 78.3 Å². The summed E-state index contributed by atoms with van der Waals surface area (Å²) >= 11 is 1.68. The van der Waals surface area contributed by atoms with Gasteiger partial charge in [-0.2, -0.15) is 0 Å². The van der Waals surface area contributed by atoms with Crippen LogP contribution in [0.25, 0.3) is 42.3 Å². The van der Waals surface area contributed by atoms with Crippen molar-refractivity contribution in [1.82, 2.24) is 9.97 Å². The molecule has 0 aliphatic heterocycles. The van der Waals surface area contributed by atoms with E-state index in [1.54, 1.807) is 17.7 Å². The standard InChI is InChI=1S/C28H26N2OS/c1-6-17(2)31-20-11-12-22-24(15-20)32-27-25(22)26(29-16-30-27)19-13-18-9-7-8-10-21(18)23(14-19)28(3,4)5/h6-16H,1-5H3/b17-6+. The summed E-state index contributed by atoms with van der Waals surface area (Å²) in [6, 6.07) is 19.4. The number of hydrogen-bond acceptors (Lipinski definition) is 4. The van der Waals surface area contributed by atoms with Crippen LogP contribution in [0.1, 0.15) is 40.2 Å². The van der Waals surface area contributed by atoms with Gasteiger partial charge in [-0.15, -0.1) is 11.3 Å². The van der Waals surface area contributed by atoms with Gasteiger partial charge in [0.05, 0.1) is 11.5 Å². The molecule has 0 aliphatic carbocycles. The van der Waals surface area contributed by atoms with E-state index in [1.165, 1.54) is 16.3 Å². The molecule has 5 aromatic rings. The Morgan fingerprint density at radius 3 is 2.56 bits per heavy atom. The van der Waals surface area contributed by atoms with Crippen LogP contribution >= 0.6 is 11.3 Å². The molecule has 0 atom stereocenters. The zero-order chi connectivity index (χ0) is 22.5. The van der Waals surface area contributed by atoms with Gasteiger partial charge in [0, 0.05) is 21.0 Å². The lowest BCUT2D eigenvalue weighted by atomic mass is 9.82. The molecule has 0 bridgehead atoms. The van der Waals surface area contributed by atoms with Crippen LogP contribution in [0.4, 0.5) is 0 Å². The fraction of sp³-hybridized carbons (Fsp3) is 0.214. The van der Waals surface area contributed by atoms with E-state index in [-0.39, 0.29) is 5.41 Å². The molecule has 0 amide bonds. The number of fused-ring (bicyclic) bond motifs is 4. The Balaban J connectivity index is 1.76. The molecule has 3 aromatic carbocycles. The molecule has 0 N–H and O–H groups in total. The Hall–Kier alpha value is -3.24. The van der Waals surface area contributed by atoms with E-state index in [0.717, 1.165) is 43.1 Å². The summed E-state index contributed by atoms with van der Waals surface area (Å²) in [6.45, 7) is 10.7. The van der Waals surface area contributed by atoms with Crippen molar-refractivity contribution >= 4 is 42.4 Å². The van der Waals surface area contributed by atoms with Gasteiger partial charge < -0.3 is 4.74 Å². The van der Waals surface area contributed by atoms with Gasteiger partial charge in [-0.3, -0.25) is 0 Å². The molecular weight excluding hydrogens is 412 g/mol. The molecule has 0 saturated heterocycles. The molecule has 32 heavy (non-hydrogen) atoms. The van der Waals surface area contributed by atoms with E-state index in [0.29, 0.717) is 0 Å². The summed E-state index contributed by atoms with van der Waals surface area (Å²) < 4.78 is 7.07. The molecule has 0 aliphatic rings. The van der Waals surface area contributed by atoms with Gasteiger partial charge in [-0.05, 0) is 72.0 Å². The van der Waals surface area contributed by atoms with Crippen molar-refractivity contribution in [3.8, 4) is 17.0 Å². The normalized spacial score (nSPS) is 12.7. The highest BCUT2D eigenvalue weighted by atomic mass is 32.1. The first-order chi connectivity index (χ1) is 15.3. The number of rotatable bonds is 3. The molecule has 0 fully saturated rings. The van der Waals surface area contributed by atoms with Crippen LogP contribution in [-0.2, 0) is 5.41 Å². The maximum absolute atomic E-state index is 5.92. The maximum atomic E-state index is 5.92. The molecule has 0 unspecified atom stereocenters. The summed E-state index contributed by atoms with van der Waals surface area (Å²) in [5.74, 6) is 1.73. The van der Waals surface area contributed by atoms with Crippen LogP contribution in [0.5, 0.6) is 5.75 Å². The Morgan fingerprint density at radius 2 is 1.78 bits per heavy atom. The van der Waals surface area contributed by atoms with E-state index >= 15 is 0 Å². The zero-order valence-corrected chi connectivity index (χ0v) is 19.9. The van der Waals surface area contributed by atoms with Crippen LogP contribution in [-0.4, -0.2) is 9.97 Å². The van der Waals surface area contributed by atoms with Crippen LogP contribution in [0, 0.1) is 0 Å². The third-order valence-corrected chi connectivity index (χ3v) is 6.93. The summed E-state index contributed by atoms with van der Waals surface area (Å²) in [5.41, 5.74) is 3.46. The van der Waals surface area contributed by atoms with E-state index in [9.17, 15) is 0 Å². The van der Waals surface area contributed by atoms with Crippen LogP contribution < -0.4 is 4.74 Å². The second-order valence-electron chi connectivity index (χ2n) is 9.16. The molecular formula is C28H26N2OS. The number of aromatic nitrogens is 2. The first-order valence-corrected chi connectivity index (χ1v) is 11.7. The minimum atomic E-state index is 0.0232. The van der Waals surface area contributed by atoms with E-state index in [1.807, 2.05) is 26.0 Å². The van der Waals surface area contributed by atoms with Crippen molar-refractivity contribution in [3.63, 3.8) is 0 Å². The van der Waals surface area contributed by atoms with Gasteiger partial charge in [-0.1, -0.05) is 45.0 Å². The van der Waals surface area contributed by atoms with Crippen molar-refractivity contribution < 1.29 is 4.74 Å². The topological polar surface area (TPSA) is 35.0 Å². The summed E-state index contributed by atoms with van der Waals surface area (Å²) in [7, 11) is 0. The van der Waals surface area contributed by atoms with Crippen LogP contribution in [0.3, 0.4) is 0 Å². The van der Waals surface area contributed by atoms with Crippen molar-refractivity contribution in [2.24, 2.45) is 0 Å². The van der Waals surface area contributed by atoms with Gasteiger partial charge in [-0.25, -0.2) is 9.97 Å². The smallest absolute Gasteiger partial charge is 0.128 e. The predicted octanol–water partition coefficient (Wildman–Crippen LogP) is 8.26. The fourth-order valence-corrected chi connectivity index (χ4v) is 5.25. The number of benzene rings is 3. The van der Waals surface area contributed by atoms with Crippen molar-refractivity contribution in [2.45, 2.75) is 40.0 Å². The highest BCUT2D eigenvalue weighted by Crippen LogP contribution is 2.41. The van der Waals surface area contributed by atoms with Crippen LogP contribution in [0.2, 0.25) is 0 Å². The molecule has 3 nitrogen and oxygen atoms in total. The largest absolute Gasteiger partial charge is 0.462 e. The van der Waals surface area contributed by atoms with E-state index < -0.39 is 0 Å². The molecule has 0 spiro atoms. The first-order valence-electron chi connectivity index (χ1n) is 10.9. The van der Waals surface area contributed by atoms with Gasteiger partial charge in [0.2, 0.25) is 0 Å². The highest BCUT2D eigenvalue weighted by Gasteiger charge is 2.20. The lowest BCUT2D eigenvalue weighted by Crippen LogP contribution is -2.12. The fourth-order valence-electron chi connectivity index (χ4n) is 4.18. The minimum absolute atomic E-state index is 0.0232. The Morgan fingerprint density at radius 1 is 0.969 bits per heavy atom. The zero-order valence-electron chi connectivity index (χ0n) is 19.1. The average Bonchev–Trinajstić information content (AvgIpc) is 3.15. The predicted molar refractivity (Wildman–Crippen MR) is 137 cm³/mol. The number of hydrogen-bond donors (Lipinski definition) is 0. The van der Waals surface area contributed by atoms with Gasteiger partial charge in [0.15, 0.2) is 0 Å². The maximum Gasteiger partial charge on any atom is 0.128 e. The van der Waals surface area contributed by atoms with Crippen molar-refractivity contribution in [1.29, 1.82) is 0 Å². The summed E-state index contributed by atoms with van der Waals surface area (Å²) in [5, 5.41) is 4.80. The number of ether oxygens (including phenoxy) is 1. The summed E-state index contributed by atoms with van der Waals surface area (Å²) in [6.07, 6.45) is 3.64. The number of nitrogens with zero attached hydrogens (tertiary/aromatic N) is 2. The first kappa shape index (κ1) is 20.7. The molecule has 0 saturated carbocycles. The molecule has 160 valence electrons. The third kappa shape index (κ3) is 3.55. The SMILES string of the molecule is C/C=C(\C)Oc1ccc2c(c1)sc1ncnc(-c3cc(C(C)(C)C)c4ccccc4c3)c12. The Kier molecular flexibility index (Phi) is 4.98. The summed E-state index contributed by atoms with van der Waals surface area (Å²) in [4.78, 5) is 10.4. The lowest BCUT2D eigenvalue weighted by molar-refractivity contribution is 0.427. The number of allylic oxidation sites excluding steroid dienone is 2. The van der Waals surface area contributed by atoms with Crippen molar-refractivity contribution in [2.75, 3.05) is 0 Å². The van der Waals surface area contributed by atoms with Gasteiger partial charge >= 0.3 is 0 Å². The molecule has 4 heteroatoms. The monoisotopic (exact) mass is 438 g/mol. The van der Waals surface area contributed by atoms with Gasteiger partial charge in [0.1, 0.15) is 16.9 Å². The van der Waals surface area contributed by atoms with Crippen LogP contribution in [0.15, 0.2) is 72.8 Å². The molecule has 2 aromatic heterocycles. The average molecular weight is 439 g/mol.